The molecule has 1 aromatic rings. The Morgan fingerprint density at radius 3 is 2.02 bits per heavy atom. The van der Waals surface area contributed by atoms with Crippen LogP contribution in [0.5, 0.6) is 0 Å². The van der Waals surface area contributed by atoms with E-state index in [1.165, 1.54) is 32.0 Å². The zero-order valence-corrected chi connectivity index (χ0v) is 29.4. The minimum absolute atomic E-state index is 0.0399. The van der Waals surface area contributed by atoms with E-state index in [1.807, 2.05) is 6.92 Å². The monoisotopic (exact) mass is 676 g/mol. The maximum absolute atomic E-state index is 14.9. The van der Waals surface area contributed by atoms with Crippen LogP contribution in [0.15, 0.2) is 30.3 Å². The third-order valence-corrected chi connectivity index (χ3v) is 13.9. The molecular weight excluding hydrogens is 625 g/mol. The molecule has 0 bridgehead atoms. The lowest BCUT2D eigenvalue weighted by Gasteiger charge is -2.71. The number of rotatable bonds is 7. The van der Waals surface area contributed by atoms with Crippen molar-refractivity contribution in [3.05, 3.63) is 35.9 Å². The van der Waals surface area contributed by atoms with Gasteiger partial charge in [0.05, 0.1) is 5.92 Å². The largest absolute Gasteiger partial charge is 0.462 e. The van der Waals surface area contributed by atoms with Crippen molar-refractivity contribution in [3.63, 3.8) is 0 Å². The molecule has 0 aromatic heterocycles. The predicted molar refractivity (Wildman–Crippen MR) is 171 cm³/mol. The van der Waals surface area contributed by atoms with Gasteiger partial charge in [-0.2, -0.15) is 13.2 Å². The summed E-state index contributed by atoms with van der Waals surface area (Å²) in [4.78, 5) is 53.3. The Labute approximate surface area is 282 Å². The number of ketones is 1. The van der Waals surface area contributed by atoms with Gasteiger partial charge in [0.2, 0.25) is 0 Å². The Hall–Kier alpha value is -2.75. The highest BCUT2D eigenvalue weighted by Crippen LogP contribution is 2.74. The number of ether oxygens (including phenoxy) is 3. The van der Waals surface area contributed by atoms with Crippen molar-refractivity contribution in [2.75, 3.05) is 7.11 Å². The van der Waals surface area contributed by atoms with Crippen LogP contribution in [0.3, 0.4) is 0 Å². The third-order valence-electron chi connectivity index (χ3n) is 13.9. The van der Waals surface area contributed by atoms with E-state index in [-0.39, 0.29) is 23.2 Å². The highest BCUT2D eigenvalue weighted by molar-refractivity contribution is 5.86. The van der Waals surface area contributed by atoms with Crippen molar-refractivity contribution in [2.24, 2.45) is 51.2 Å². The molecule has 0 heterocycles. The standard InChI is InChI=1S/C38H51F3O7/c1-22(43)31-25(21-42)36(7)29(19-26(31)48-32(45)37(46-8,38(39,40)41)24-13-10-9-11-14-24)35(6)18-15-27-33(3,4)16-12-17-34(27,5)28(35)20-30(36)47-23(2)44/h9-11,13-14,21,25-31H,12,15-20H2,1-8H3. The van der Waals surface area contributed by atoms with Crippen molar-refractivity contribution >= 4 is 24.0 Å². The maximum atomic E-state index is 14.9. The molecule has 48 heavy (non-hydrogen) atoms. The summed E-state index contributed by atoms with van der Waals surface area (Å²) >= 11 is 0. The van der Waals surface area contributed by atoms with Crippen molar-refractivity contribution in [3.8, 4) is 0 Å². The third kappa shape index (κ3) is 5.25. The average Bonchev–Trinajstić information content (AvgIpc) is 2.98. The first kappa shape index (κ1) is 36.5. The van der Waals surface area contributed by atoms with Gasteiger partial charge < -0.3 is 19.0 Å². The van der Waals surface area contributed by atoms with Gasteiger partial charge in [-0.3, -0.25) is 9.59 Å². The second-order valence-electron chi connectivity index (χ2n) is 16.5. The molecule has 11 atom stereocenters. The lowest BCUT2D eigenvalue weighted by molar-refractivity contribution is -0.286. The molecule has 7 nitrogen and oxygen atoms in total. The van der Waals surface area contributed by atoms with E-state index in [0.29, 0.717) is 18.6 Å². The van der Waals surface area contributed by atoms with Gasteiger partial charge in [0, 0.05) is 30.9 Å². The van der Waals surface area contributed by atoms with Gasteiger partial charge in [-0.1, -0.05) is 71.4 Å². The first-order chi connectivity index (χ1) is 22.3. The highest BCUT2D eigenvalue weighted by Gasteiger charge is 2.72. The van der Waals surface area contributed by atoms with Crippen molar-refractivity contribution in [1.82, 2.24) is 0 Å². The van der Waals surface area contributed by atoms with Gasteiger partial charge in [-0.15, -0.1) is 0 Å². The number of benzene rings is 1. The zero-order valence-electron chi connectivity index (χ0n) is 29.4. The number of hydrogen-bond donors (Lipinski definition) is 0. The highest BCUT2D eigenvalue weighted by atomic mass is 19.4. The Morgan fingerprint density at radius 1 is 0.854 bits per heavy atom. The van der Waals surface area contributed by atoms with E-state index in [2.05, 4.69) is 27.7 Å². The second-order valence-corrected chi connectivity index (χ2v) is 16.5. The van der Waals surface area contributed by atoms with Gasteiger partial charge >= 0.3 is 18.1 Å². The molecule has 5 rings (SSSR count). The molecule has 266 valence electrons. The van der Waals surface area contributed by atoms with Gasteiger partial charge in [0.25, 0.3) is 5.60 Å². The van der Waals surface area contributed by atoms with Crippen molar-refractivity contribution in [1.29, 1.82) is 0 Å². The molecular formula is C38H51F3O7. The molecule has 0 radical (unpaired) electrons. The fourth-order valence-corrected chi connectivity index (χ4v) is 11.9. The summed E-state index contributed by atoms with van der Waals surface area (Å²) in [7, 11) is 0.803. The van der Waals surface area contributed by atoms with Crippen LogP contribution in [0.2, 0.25) is 0 Å². The molecule has 10 heteroatoms. The van der Waals surface area contributed by atoms with Crippen LogP contribution in [-0.4, -0.2) is 49.5 Å². The van der Waals surface area contributed by atoms with Crippen LogP contribution in [0, 0.1) is 51.2 Å². The van der Waals surface area contributed by atoms with Gasteiger partial charge in [0.1, 0.15) is 24.3 Å². The smallest absolute Gasteiger partial charge is 0.432 e. The molecule has 0 saturated heterocycles. The maximum Gasteiger partial charge on any atom is 0.432 e. The predicted octanol–water partition coefficient (Wildman–Crippen LogP) is 7.63. The fourth-order valence-electron chi connectivity index (χ4n) is 11.9. The second kappa shape index (κ2) is 12.2. The molecule has 0 aliphatic heterocycles. The number of fused-ring (bicyclic) bond motifs is 5. The Morgan fingerprint density at radius 2 is 1.48 bits per heavy atom. The molecule has 4 fully saturated rings. The minimum Gasteiger partial charge on any atom is -0.462 e. The molecule has 4 saturated carbocycles. The number of hydrogen-bond acceptors (Lipinski definition) is 7. The summed E-state index contributed by atoms with van der Waals surface area (Å²) in [5.41, 5.74) is -5.41. The Bertz CT molecular complexity index is 1430. The quantitative estimate of drug-likeness (QED) is 0.216. The number of carbonyl (C=O) groups excluding carboxylic acids is 4. The number of carbonyl (C=O) groups is 4. The van der Waals surface area contributed by atoms with Crippen LogP contribution < -0.4 is 0 Å². The van der Waals surface area contributed by atoms with Crippen LogP contribution in [-0.2, 0) is 39.0 Å². The van der Waals surface area contributed by atoms with Gasteiger partial charge in [-0.25, -0.2) is 4.79 Å². The van der Waals surface area contributed by atoms with E-state index < -0.39 is 75.9 Å². The Kier molecular flexibility index (Phi) is 9.31. The molecule has 0 spiro atoms. The van der Waals surface area contributed by atoms with Crippen molar-refractivity contribution < 1.29 is 46.6 Å². The average molecular weight is 677 g/mol. The van der Waals surface area contributed by atoms with Crippen LogP contribution >= 0.6 is 0 Å². The van der Waals surface area contributed by atoms with Crippen LogP contribution in [0.1, 0.15) is 99.0 Å². The molecule has 4 aliphatic carbocycles. The number of alkyl halides is 3. The van der Waals surface area contributed by atoms with E-state index in [0.717, 1.165) is 51.3 Å². The summed E-state index contributed by atoms with van der Waals surface area (Å²) in [5.74, 6) is -4.96. The lowest BCUT2D eigenvalue weighted by atomic mass is 9.34. The first-order valence-electron chi connectivity index (χ1n) is 17.3. The topological polar surface area (TPSA) is 96.0 Å². The number of methoxy groups -OCH3 is 1. The van der Waals surface area contributed by atoms with Gasteiger partial charge in [0.15, 0.2) is 0 Å². The molecule has 0 amide bonds. The summed E-state index contributed by atoms with van der Waals surface area (Å²) < 4.78 is 61.7. The molecule has 0 N–H and O–H groups in total. The van der Waals surface area contributed by atoms with E-state index in [4.69, 9.17) is 14.2 Å². The Balaban J connectivity index is 1.65. The van der Waals surface area contributed by atoms with Crippen LogP contribution in [0.4, 0.5) is 13.2 Å². The summed E-state index contributed by atoms with van der Waals surface area (Å²) in [6, 6.07) is 6.56. The SMILES string of the molecule is COC(C(=O)OC1CC2C3(C)CCC4C(C)(C)CCCC4(C)C3CC(OC(C)=O)C2(C)C(C=O)C1C(C)=O)(c1ccccc1)C(F)(F)F. The van der Waals surface area contributed by atoms with Crippen LogP contribution in [0.25, 0.3) is 0 Å². The molecule has 1 aromatic carbocycles. The summed E-state index contributed by atoms with van der Waals surface area (Å²) in [6.07, 6.45) is -1.17. The van der Waals surface area contributed by atoms with E-state index in [9.17, 15) is 32.3 Å². The number of aldehydes is 1. The minimum atomic E-state index is -5.21. The zero-order chi connectivity index (χ0) is 35.7. The summed E-state index contributed by atoms with van der Waals surface area (Å²) in [6.45, 7) is 13.7. The number of Topliss-reactive ketones (excluding diaryl/α,β-unsaturated/α-hetero) is 1. The normalized spacial score (nSPS) is 40.2. The van der Waals surface area contributed by atoms with Crippen molar-refractivity contribution in [2.45, 2.75) is 117 Å². The molecule has 11 unspecified atom stereocenters. The van der Waals surface area contributed by atoms with E-state index in [1.54, 1.807) is 0 Å². The first-order valence-corrected chi connectivity index (χ1v) is 17.3. The molecule has 4 aliphatic rings. The van der Waals surface area contributed by atoms with E-state index >= 15 is 0 Å². The lowest BCUT2D eigenvalue weighted by Crippen LogP contribution is -2.70. The summed E-state index contributed by atoms with van der Waals surface area (Å²) in [5, 5.41) is 0. The number of esters is 2. The fraction of sp³-hybridized carbons (Fsp3) is 0.737. The van der Waals surface area contributed by atoms with Gasteiger partial charge in [-0.05, 0) is 79.4 Å². The number of halogens is 3.